The molecule has 18 heavy (non-hydrogen) atoms. The molecule has 1 aromatic rings. The number of nitriles is 1. The van der Waals surface area contributed by atoms with Gasteiger partial charge in [0.2, 0.25) is 0 Å². The summed E-state index contributed by atoms with van der Waals surface area (Å²) in [7, 11) is 0.903. The van der Waals surface area contributed by atoms with Crippen LogP contribution < -0.4 is 0 Å². The van der Waals surface area contributed by atoms with Crippen LogP contribution in [0, 0.1) is 21.4 Å². The lowest BCUT2D eigenvalue weighted by Crippen LogP contribution is -2.11. The molecule has 0 aliphatic carbocycles. The first-order chi connectivity index (χ1) is 8.43. The standard InChI is InChI=1S/C10H6F2N2O4/c1-18-10(15)8-6(14(16)17)3-2-5(4-13)7(8)9(11)12/h2-3,9H,1H3. The molecule has 0 fully saturated rings. The lowest BCUT2D eigenvalue weighted by Gasteiger charge is -2.09. The van der Waals surface area contributed by atoms with E-state index in [0.29, 0.717) is 0 Å². The first kappa shape index (κ1) is 13.5. The first-order valence-corrected chi connectivity index (χ1v) is 4.51. The topological polar surface area (TPSA) is 93.2 Å². The second-order valence-corrected chi connectivity index (χ2v) is 3.08. The van der Waals surface area contributed by atoms with Crippen molar-refractivity contribution in [1.82, 2.24) is 0 Å². The maximum atomic E-state index is 12.8. The van der Waals surface area contributed by atoms with E-state index in [2.05, 4.69) is 4.74 Å². The molecule has 1 rings (SSSR count). The molecule has 0 unspecified atom stereocenters. The van der Waals surface area contributed by atoms with Gasteiger partial charge in [0.05, 0.1) is 29.2 Å². The molecule has 6 nitrogen and oxygen atoms in total. The minimum Gasteiger partial charge on any atom is -0.465 e. The molecule has 0 bridgehead atoms. The number of esters is 1. The minimum absolute atomic E-state index is 0.504. The van der Waals surface area contributed by atoms with E-state index in [1.54, 1.807) is 0 Å². The molecule has 0 spiro atoms. The molecule has 0 aliphatic heterocycles. The molecule has 1 aromatic carbocycles. The van der Waals surface area contributed by atoms with Crippen molar-refractivity contribution in [3.05, 3.63) is 38.9 Å². The maximum Gasteiger partial charge on any atom is 0.345 e. The highest BCUT2D eigenvalue weighted by atomic mass is 19.3. The van der Waals surface area contributed by atoms with Crippen LogP contribution in [0.4, 0.5) is 14.5 Å². The number of rotatable bonds is 3. The van der Waals surface area contributed by atoms with Crippen LogP contribution in [-0.2, 0) is 4.74 Å². The number of nitro benzene ring substituents is 1. The lowest BCUT2D eigenvalue weighted by molar-refractivity contribution is -0.385. The van der Waals surface area contributed by atoms with Gasteiger partial charge in [0.1, 0.15) is 5.56 Å². The Kier molecular flexibility index (Phi) is 3.89. The Morgan fingerprint density at radius 3 is 2.56 bits per heavy atom. The van der Waals surface area contributed by atoms with Crippen molar-refractivity contribution in [1.29, 1.82) is 5.26 Å². The van der Waals surface area contributed by atoms with Gasteiger partial charge in [0, 0.05) is 6.07 Å². The van der Waals surface area contributed by atoms with Crippen LogP contribution in [0.1, 0.15) is 27.9 Å². The summed E-state index contributed by atoms with van der Waals surface area (Å²) >= 11 is 0. The highest BCUT2D eigenvalue weighted by Gasteiger charge is 2.31. The Balaban J connectivity index is 3.72. The fourth-order valence-electron chi connectivity index (χ4n) is 1.40. The number of carbonyl (C=O) groups is 1. The van der Waals surface area contributed by atoms with Crippen molar-refractivity contribution in [3.8, 4) is 6.07 Å². The molecule has 8 heteroatoms. The summed E-state index contributed by atoms with van der Waals surface area (Å²) in [4.78, 5) is 21.1. The number of halogens is 2. The third-order valence-electron chi connectivity index (χ3n) is 2.15. The second kappa shape index (κ2) is 5.18. The predicted molar refractivity (Wildman–Crippen MR) is 54.1 cm³/mol. The van der Waals surface area contributed by atoms with Crippen LogP contribution in [0.15, 0.2) is 12.1 Å². The number of hydrogen-bond acceptors (Lipinski definition) is 5. The zero-order valence-corrected chi connectivity index (χ0v) is 9.02. The van der Waals surface area contributed by atoms with Gasteiger partial charge in [0.15, 0.2) is 0 Å². The fourth-order valence-corrected chi connectivity index (χ4v) is 1.40. The van der Waals surface area contributed by atoms with E-state index in [1.807, 2.05) is 0 Å². The number of benzene rings is 1. The summed E-state index contributed by atoms with van der Waals surface area (Å²) in [6.07, 6.45) is -3.20. The number of methoxy groups -OCH3 is 1. The first-order valence-electron chi connectivity index (χ1n) is 4.51. The summed E-state index contributed by atoms with van der Waals surface area (Å²) in [6.45, 7) is 0. The van der Waals surface area contributed by atoms with Gasteiger partial charge in [0.25, 0.3) is 12.1 Å². The average Bonchev–Trinajstić information content (AvgIpc) is 2.35. The van der Waals surface area contributed by atoms with Gasteiger partial charge >= 0.3 is 5.97 Å². The van der Waals surface area contributed by atoms with E-state index >= 15 is 0 Å². The Morgan fingerprint density at radius 1 is 1.56 bits per heavy atom. The molecule has 0 radical (unpaired) electrons. The fraction of sp³-hybridized carbons (Fsp3) is 0.200. The van der Waals surface area contributed by atoms with Gasteiger partial charge in [-0.05, 0) is 6.07 Å². The van der Waals surface area contributed by atoms with Gasteiger partial charge in [-0.2, -0.15) is 5.26 Å². The van der Waals surface area contributed by atoms with Crippen LogP contribution in [0.2, 0.25) is 0 Å². The van der Waals surface area contributed by atoms with Crippen molar-refractivity contribution >= 4 is 11.7 Å². The lowest BCUT2D eigenvalue weighted by atomic mass is 10.00. The van der Waals surface area contributed by atoms with E-state index in [4.69, 9.17) is 5.26 Å². The summed E-state index contributed by atoms with van der Waals surface area (Å²) in [5.41, 5.74) is -3.21. The van der Waals surface area contributed by atoms with E-state index in [1.165, 1.54) is 6.07 Å². The number of ether oxygens (including phenoxy) is 1. The minimum atomic E-state index is -3.20. The quantitative estimate of drug-likeness (QED) is 0.469. The average molecular weight is 256 g/mol. The SMILES string of the molecule is COC(=O)c1c([N+](=O)[O-])ccc(C#N)c1C(F)F. The largest absolute Gasteiger partial charge is 0.465 e. The number of nitro groups is 1. The number of hydrogen-bond donors (Lipinski definition) is 0. The second-order valence-electron chi connectivity index (χ2n) is 3.08. The van der Waals surface area contributed by atoms with E-state index in [9.17, 15) is 23.7 Å². The highest BCUT2D eigenvalue weighted by molar-refractivity contribution is 5.96. The Morgan fingerprint density at radius 2 is 2.17 bits per heavy atom. The summed E-state index contributed by atoms with van der Waals surface area (Å²) in [6, 6.07) is 3.14. The van der Waals surface area contributed by atoms with Crippen molar-refractivity contribution in [2.45, 2.75) is 6.43 Å². The Bertz CT molecular complexity index is 552. The van der Waals surface area contributed by atoms with Crippen molar-refractivity contribution in [2.24, 2.45) is 0 Å². The zero-order valence-electron chi connectivity index (χ0n) is 9.02. The monoisotopic (exact) mass is 256 g/mol. The third kappa shape index (κ3) is 2.24. The van der Waals surface area contributed by atoms with Gasteiger partial charge in [-0.15, -0.1) is 0 Å². The number of nitrogens with zero attached hydrogens (tertiary/aromatic N) is 2. The third-order valence-corrected chi connectivity index (χ3v) is 2.15. The molecule has 0 heterocycles. The molecule has 0 N–H and O–H groups in total. The van der Waals surface area contributed by atoms with E-state index in [-0.39, 0.29) is 0 Å². The number of carbonyl (C=O) groups excluding carboxylic acids is 1. The van der Waals surface area contributed by atoms with E-state index < -0.39 is 39.7 Å². The molecule has 0 saturated heterocycles. The molecule has 0 atom stereocenters. The maximum absolute atomic E-state index is 12.8. The van der Waals surface area contributed by atoms with Gasteiger partial charge in [-0.25, -0.2) is 13.6 Å². The van der Waals surface area contributed by atoms with Crippen molar-refractivity contribution < 1.29 is 23.2 Å². The van der Waals surface area contributed by atoms with Crippen molar-refractivity contribution in [2.75, 3.05) is 7.11 Å². The van der Waals surface area contributed by atoms with Crippen LogP contribution in [-0.4, -0.2) is 18.0 Å². The molecular formula is C10H6F2N2O4. The van der Waals surface area contributed by atoms with Crippen LogP contribution in [0.25, 0.3) is 0 Å². The highest BCUT2D eigenvalue weighted by Crippen LogP contribution is 2.33. The normalized spacial score (nSPS) is 9.94. The molecule has 0 aliphatic rings. The van der Waals surface area contributed by atoms with Gasteiger partial charge in [-0.3, -0.25) is 10.1 Å². The molecule has 0 amide bonds. The van der Waals surface area contributed by atoms with Gasteiger partial charge < -0.3 is 4.74 Å². The molecule has 94 valence electrons. The predicted octanol–water partition coefficient (Wildman–Crippen LogP) is 2.19. The molecule has 0 saturated carbocycles. The Hall–Kier alpha value is -2.56. The van der Waals surface area contributed by atoms with E-state index in [0.717, 1.165) is 19.2 Å². The van der Waals surface area contributed by atoms with Crippen LogP contribution >= 0.6 is 0 Å². The van der Waals surface area contributed by atoms with Crippen LogP contribution in [0.3, 0.4) is 0 Å². The molecule has 0 aromatic heterocycles. The van der Waals surface area contributed by atoms with Crippen molar-refractivity contribution in [3.63, 3.8) is 0 Å². The zero-order chi connectivity index (χ0) is 13.9. The number of alkyl halides is 2. The van der Waals surface area contributed by atoms with Gasteiger partial charge in [-0.1, -0.05) is 0 Å². The smallest absolute Gasteiger partial charge is 0.345 e. The Labute approximate surface area is 99.5 Å². The molecular weight excluding hydrogens is 250 g/mol. The summed E-state index contributed by atoms with van der Waals surface area (Å²) in [5, 5.41) is 19.4. The summed E-state index contributed by atoms with van der Waals surface area (Å²) in [5.74, 6) is -1.28. The van der Waals surface area contributed by atoms with Crippen LogP contribution in [0.5, 0.6) is 0 Å². The summed E-state index contributed by atoms with van der Waals surface area (Å²) < 4.78 is 29.9.